The summed E-state index contributed by atoms with van der Waals surface area (Å²) < 4.78 is 6.99. The SMILES string of the molecule is CC(C)(C)OC(=O)N[C@@H]1CC[C@@H](n2c(=O)[nH]c3cnc(Cl)cc32)C1. The van der Waals surface area contributed by atoms with E-state index >= 15 is 0 Å². The first-order chi connectivity index (χ1) is 11.2. The van der Waals surface area contributed by atoms with Gasteiger partial charge in [0, 0.05) is 18.2 Å². The molecule has 0 radical (unpaired) electrons. The first-order valence-electron chi connectivity index (χ1n) is 7.98. The van der Waals surface area contributed by atoms with Crippen LogP contribution in [-0.4, -0.2) is 32.3 Å². The molecule has 1 aliphatic carbocycles. The molecule has 2 N–H and O–H groups in total. The van der Waals surface area contributed by atoms with Crippen molar-refractivity contribution in [3.63, 3.8) is 0 Å². The number of imidazole rings is 1. The van der Waals surface area contributed by atoms with Gasteiger partial charge in [0.15, 0.2) is 0 Å². The van der Waals surface area contributed by atoms with Crippen LogP contribution in [0, 0.1) is 0 Å². The molecule has 0 aromatic carbocycles. The van der Waals surface area contributed by atoms with Gasteiger partial charge < -0.3 is 15.0 Å². The number of fused-ring (bicyclic) bond motifs is 1. The fraction of sp³-hybridized carbons (Fsp3) is 0.562. The third-order valence-corrected chi connectivity index (χ3v) is 4.27. The summed E-state index contributed by atoms with van der Waals surface area (Å²) in [4.78, 5) is 31.0. The van der Waals surface area contributed by atoms with E-state index in [-0.39, 0.29) is 17.8 Å². The Kier molecular flexibility index (Phi) is 4.29. The van der Waals surface area contributed by atoms with Gasteiger partial charge in [-0.15, -0.1) is 0 Å². The van der Waals surface area contributed by atoms with E-state index < -0.39 is 11.7 Å². The number of rotatable bonds is 2. The highest BCUT2D eigenvalue weighted by atomic mass is 35.5. The molecule has 2 heterocycles. The minimum absolute atomic E-state index is 0.00431. The summed E-state index contributed by atoms with van der Waals surface area (Å²) in [5.41, 5.74) is 0.687. The quantitative estimate of drug-likeness (QED) is 0.813. The summed E-state index contributed by atoms with van der Waals surface area (Å²) in [6, 6.07) is 1.67. The molecule has 1 saturated carbocycles. The van der Waals surface area contributed by atoms with Gasteiger partial charge in [0.1, 0.15) is 10.8 Å². The minimum atomic E-state index is -0.528. The standard InChI is InChI=1S/C16H21ClN4O3/c1-16(2,3)24-15(23)19-9-4-5-10(6-9)21-12-7-13(17)18-8-11(12)20-14(21)22/h7-10H,4-6H2,1-3H3,(H,19,23)(H,20,22)/t9-,10-/m1/s1. The molecule has 24 heavy (non-hydrogen) atoms. The average Bonchev–Trinajstić information content (AvgIpc) is 2.99. The normalized spacial score (nSPS) is 21.2. The van der Waals surface area contributed by atoms with Gasteiger partial charge in [0.2, 0.25) is 0 Å². The second-order valence-corrected chi connectivity index (χ2v) is 7.52. The van der Waals surface area contributed by atoms with Gasteiger partial charge in [-0.2, -0.15) is 0 Å². The number of carbonyl (C=O) groups is 1. The van der Waals surface area contributed by atoms with Crippen LogP contribution in [0.2, 0.25) is 5.15 Å². The monoisotopic (exact) mass is 352 g/mol. The van der Waals surface area contributed by atoms with E-state index in [9.17, 15) is 9.59 Å². The molecule has 2 atom stereocenters. The topological polar surface area (TPSA) is 89.0 Å². The summed E-state index contributed by atoms with van der Waals surface area (Å²) in [6.07, 6.45) is 3.40. The van der Waals surface area contributed by atoms with Crippen molar-refractivity contribution < 1.29 is 9.53 Å². The summed E-state index contributed by atoms with van der Waals surface area (Å²) in [7, 11) is 0. The fourth-order valence-corrected chi connectivity index (χ4v) is 3.31. The number of H-pyrrole nitrogens is 1. The van der Waals surface area contributed by atoms with Gasteiger partial charge in [0.05, 0.1) is 17.2 Å². The summed E-state index contributed by atoms with van der Waals surface area (Å²) in [6.45, 7) is 5.48. The number of carbonyl (C=O) groups excluding carboxylic acids is 1. The number of amides is 1. The lowest BCUT2D eigenvalue weighted by Crippen LogP contribution is -2.38. The maximum Gasteiger partial charge on any atom is 0.407 e. The summed E-state index contributed by atoms with van der Waals surface area (Å²) in [5, 5.41) is 3.23. The molecule has 0 aliphatic heterocycles. The van der Waals surface area contributed by atoms with Crippen LogP contribution in [-0.2, 0) is 4.74 Å². The van der Waals surface area contributed by atoms with E-state index in [1.165, 1.54) is 0 Å². The number of aromatic nitrogens is 3. The third kappa shape index (κ3) is 3.56. The molecule has 0 spiro atoms. The molecule has 0 saturated heterocycles. The summed E-state index contributed by atoms with van der Waals surface area (Å²) >= 11 is 5.95. The molecular weight excluding hydrogens is 332 g/mol. The molecule has 0 unspecified atom stereocenters. The van der Waals surface area contributed by atoms with Gasteiger partial charge in [-0.1, -0.05) is 11.6 Å². The van der Waals surface area contributed by atoms with Crippen molar-refractivity contribution in [2.45, 2.75) is 57.7 Å². The molecule has 3 rings (SSSR count). The van der Waals surface area contributed by atoms with Gasteiger partial charge in [-0.05, 0) is 40.0 Å². The molecule has 130 valence electrons. The Morgan fingerprint density at radius 2 is 2.21 bits per heavy atom. The van der Waals surface area contributed by atoms with Crippen LogP contribution in [0.5, 0.6) is 0 Å². The highest BCUT2D eigenvalue weighted by Gasteiger charge is 2.30. The van der Waals surface area contributed by atoms with Gasteiger partial charge in [-0.25, -0.2) is 14.6 Å². The molecule has 0 bridgehead atoms. The molecule has 8 heteroatoms. The molecule has 2 aromatic rings. The number of hydrogen-bond donors (Lipinski definition) is 2. The maximum absolute atomic E-state index is 12.3. The van der Waals surface area contributed by atoms with Crippen LogP contribution < -0.4 is 11.0 Å². The van der Waals surface area contributed by atoms with Crippen molar-refractivity contribution in [3.05, 3.63) is 27.9 Å². The lowest BCUT2D eigenvalue weighted by atomic mass is 10.2. The van der Waals surface area contributed by atoms with Crippen LogP contribution in [0.25, 0.3) is 11.0 Å². The molecule has 1 aliphatic rings. The molecule has 7 nitrogen and oxygen atoms in total. The average molecular weight is 353 g/mol. The lowest BCUT2D eigenvalue weighted by Gasteiger charge is -2.21. The lowest BCUT2D eigenvalue weighted by molar-refractivity contribution is 0.0505. The zero-order valence-electron chi connectivity index (χ0n) is 13.9. The zero-order chi connectivity index (χ0) is 17.5. The number of alkyl carbamates (subject to hydrolysis) is 1. The minimum Gasteiger partial charge on any atom is -0.444 e. The molecular formula is C16H21ClN4O3. The Hall–Kier alpha value is -2.02. The van der Waals surface area contributed by atoms with E-state index in [1.54, 1.807) is 16.8 Å². The first-order valence-corrected chi connectivity index (χ1v) is 8.36. The van der Waals surface area contributed by atoms with E-state index in [1.807, 2.05) is 20.8 Å². The second-order valence-electron chi connectivity index (χ2n) is 7.13. The van der Waals surface area contributed by atoms with E-state index in [0.29, 0.717) is 17.1 Å². The molecule has 1 amide bonds. The van der Waals surface area contributed by atoms with Crippen LogP contribution in [0.15, 0.2) is 17.1 Å². The van der Waals surface area contributed by atoms with Gasteiger partial charge in [-0.3, -0.25) is 4.57 Å². The van der Waals surface area contributed by atoms with Crippen molar-refractivity contribution in [3.8, 4) is 0 Å². The Morgan fingerprint density at radius 1 is 1.46 bits per heavy atom. The Morgan fingerprint density at radius 3 is 2.92 bits per heavy atom. The third-order valence-electron chi connectivity index (χ3n) is 4.06. The van der Waals surface area contributed by atoms with Crippen molar-refractivity contribution in [1.82, 2.24) is 19.9 Å². The van der Waals surface area contributed by atoms with Gasteiger partial charge in [0.25, 0.3) is 0 Å². The number of hydrogen-bond acceptors (Lipinski definition) is 4. The predicted octanol–water partition coefficient (Wildman–Crippen LogP) is 3.00. The Bertz CT molecular complexity index is 821. The van der Waals surface area contributed by atoms with Crippen LogP contribution in [0.4, 0.5) is 4.79 Å². The summed E-state index contributed by atoms with van der Waals surface area (Å²) in [5.74, 6) is 0. The largest absolute Gasteiger partial charge is 0.444 e. The smallest absolute Gasteiger partial charge is 0.407 e. The maximum atomic E-state index is 12.3. The van der Waals surface area contributed by atoms with Crippen molar-refractivity contribution in [1.29, 1.82) is 0 Å². The van der Waals surface area contributed by atoms with E-state index in [0.717, 1.165) is 18.4 Å². The van der Waals surface area contributed by atoms with Crippen LogP contribution >= 0.6 is 11.6 Å². The fourth-order valence-electron chi connectivity index (χ4n) is 3.16. The molecule has 1 fully saturated rings. The van der Waals surface area contributed by atoms with Crippen molar-refractivity contribution >= 4 is 28.7 Å². The highest BCUT2D eigenvalue weighted by molar-refractivity contribution is 6.29. The number of aromatic amines is 1. The highest BCUT2D eigenvalue weighted by Crippen LogP contribution is 2.31. The van der Waals surface area contributed by atoms with E-state index in [2.05, 4.69) is 15.3 Å². The van der Waals surface area contributed by atoms with Gasteiger partial charge >= 0.3 is 11.8 Å². The number of ether oxygens (including phenoxy) is 1. The van der Waals surface area contributed by atoms with Crippen LogP contribution in [0.3, 0.4) is 0 Å². The number of halogens is 1. The van der Waals surface area contributed by atoms with Crippen molar-refractivity contribution in [2.75, 3.05) is 0 Å². The Balaban J connectivity index is 1.74. The zero-order valence-corrected chi connectivity index (χ0v) is 14.7. The predicted molar refractivity (Wildman–Crippen MR) is 91.4 cm³/mol. The molecule has 2 aromatic heterocycles. The number of nitrogens with one attached hydrogen (secondary N) is 2. The van der Waals surface area contributed by atoms with Crippen LogP contribution in [0.1, 0.15) is 46.1 Å². The Labute approximate surface area is 144 Å². The van der Waals surface area contributed by atoms with E-state index in [4.69, 9.17) is 16.3 Å². The number of nitrogens with zero attached hydrogens (tertiary/aromatic N) is 2. The van der Waals surface area contributed by atoms with Crippen molar-refractivity contribution in [2.24, 2.45) is 0 Å². The first kappa shape index (κ1) is 16.8. The second kappa shape index (κ2) is 6.12. The number of pyridine rings is 1.